The fourth-order valence-corrected chi connectivity index (χ4v) is 2.94. The number of nitrogens with two attached hydrogens (primary N) is 2. The Morgan fingerprint density at radius 2 is 1.78 bits per heavy atom. The first-order valence-electron chi connectivity index (χ1n) is 7.70. The zero-order valence-electron chi connectivity index (χ0n) is 13.2. The molecule has 2 atom stereocenters. The van der Waals surface area contributed by atoms with Crippen LogP contribution in [0, 0.1) is 5.92 Å². The Bertz CT molecular complexity index is 678. The maximum Gasteiger partial charge on any atom is 0.229 e. The van der Waals surface area contributed by atoms with Crippen LogP contribution in [0.1, 0.15) is 18.1 Å². The molecule has 4 heteroatoms. The second kappa shape index (κ2) is 6.34. The molecule has 120 valence electrons. The summed E-state index contributed by atoms with van der Waals surface area (Å²) < 4.78 is 10.9. The van der Waals surface area contributed by atoms with E-state index in [0.29, 0.717) is 0 Å². The molecule has 2 unspecified atom stereocenters. The molecule has 3 rings (SSSR count). The Balaban J connectivity index is 1.94. The van der Waals surface area contributed by atoms with E-state index in [1.165, 1.54) is 5.56 Å². The first-order valence-corrected chi connectivity index (χ1v) is 7.70. The van der Waals surface area contributed by atoms with Gasteiger partial charge in [-0.25, -0.2) is 0 Å². The summed E-state index contributed by atoms with van der Waals surface area (Å²) >= 11 is 0. The normalized spacial score (nSPS) is 17.6. The van der Waals surface area contributed by atoms with Gasteiger partial charge in [-0.3, -0.25) is 0 Å². The van der Waals surface area contributed by atoms with Crippen molar-refractivity contribution in [1.29, 1.82) is 0 Å². The van der Waals surface area contributed by atoms with E-state index in [4.69, 9.17) is 20.9 Å². The van der Waals surface area contributed by atoms with Gasteiger partial charge in [0.05, 0.1) is 0 Å². The second-order valence-electron chi connectivity index (χ2n) is 6.10. The average molecular weight is 310 g/mol. The molecule has 1 aliphatic heterocycles. The van der Waals surface area contributed by atoms with E-state index in [1.54, 1.807) is 6.26 Å². The zero-order chi connectivity index (χ0) is 16.3. The molecule has 0 radical (unpaired) electrons. The number of ether oxygens (including phenoxy) is 2. The fraction of sp³-hybridized carbons (Fsp3) is 0.263. The largest absolute Gasteiger partial charge is 0.462 e. The van der Waals surface area contributed by atoms with E-state index in [1.807, 2.05) is 49.4 Å². The maximum absolute atomic E-state index is 6.74. The Labute approximate surface area is 136 Å². The molecular weight excluding hydrogens is 288 g/mol. The quantitative estimate of drug-likeness (QED) is 0.832. The number of nitrogen functional groups attached to an aromatic ring is 1. The van der Waals surface area contributed by atoms with Crippen LogP contribution in [0.2, 0.25) is 0 Å². The van der Waals surface area contributed by atoms with E-state index < -0.39 is 5.54 Å². The van der Waals surface area contributed by atoms with Crippen LogP contribution < -0.4 is 11.5 Å². The summed E-state index contributed by atoms with van der Waals surface area (Å²) in [4.78, 5) is 0. The van der Waals surface area contributed by atoms with Crippen LogP contribution in [0.4, 0.5) is 5.69 Å². The number of rotatable bonds is 5. The van der Waals surface area contributed by atoms with Crippen LogP contribution >= 0.6 is 0 Å². The highest BCUT2D eigenvalue weighted by atomic mass is 16.7. The highest BCUT2D eigenvalue weighted by Gasteiger charge is 2.37. The summed E-state index contributed by atoms with van der Waals surface area (Å²) in [5.41, 5.74) is 14.9. The Hall–Kier alpha value is -2.46. The lowest BCUT2D eigenvalue weighted by Gasteiger charge is -2.34. The zero-order valence-corrected chi connectivity index (χ0v) is 13.2. The summed E-state index contributed by atoms with van der Waals surface area (Å²) in [5, 5.41) is 0. The molecule has 0 aliphatic carbocycles. The summed E-state index contributed by atoms with van der Waals surface area (Å²) in [5.74, 6) is 0.756. The smallest absolute Gasteiger partial charge is 0.229 e. The van der Waals surface area contributed by atoms with E-state index >= 15 is 0 Å². The Morgan fingerprint density at radius 3 is 2.39 bits per heavy atom. The lowest BCUT2D eigenvalue weighted by molar-refractivity contribution is 0.0627. The molecule has 1 heterocycles. The monoisotopic (exact) mass is 310 g/mol. The molecule has 4 N–H and O–H groups in total. The summed E-state index contributed by atoms with van der Waals surface area (Å²) in [7, 11) is 0. The highest BCUT2D eigenvalue weighted by Crippen LogP contribution is 2.36. The van der Waals surface area contributed by atoms with E-state index in [-0.39, 0.29) is 12.7 Å². The van der Waals surface area contributed by atoms with Crippen molar-refractivity contribution in [1.82, 2.24) is 0 Å². The molecule has 0 bridgehead atoms. The van der Waals surface area contributed by atoms with Gasteiger partial charge in [-0.15, -0.1) is 0 Å². The Morgan fingerprint density at radius 1 is 1.09 bits per heavy atom. The van der Waals surface area contributed by atoms with E-state index in [9.17, 15) is 0 Å². The van der Waals surface area contributed by atoms with Crippen LogP contribution in [0.3, 0.4) is 0 Å². The SMILES string of the molecule is CC(N)(c1ccc(N)cc1)C(Cc1ccccc1)C1=COCO1. The third-order valence-electron chi connectivity index (χ3n) is 4.38. The maximum atomic E-state index is 6.74. The average Bonchev–Trinajstić information content (AvgIpc) is 3.08. The van der Waals surface area contributed by atoms with Gasteiger partial charge in [-0.1, -0.05) is 42.5 Å². The highest BCUT2D eigenvalue weighted by molar-refractivity contribution is 5.42. The van der Waals surface area contributed by atoms with Crippen molar-refractivity contribution in [2.75, 3.05) is 12.5 Å². The molecule has 0 aromatic heterocycles. The minimum absolute atomic E-state index is 0.0315. The number of benzene rings is 2. The molecule has 0 fully saturated rings. The van der Waals surface area contributed by atoms with Crippen LogP contribution in [0.15, 0.2) is 66.6 Å². The van der Waals surface area contributed by atoms with Crippen LogP contribution in [-0.4, -0.2) is 6.79 Å². The van der Waals surface area contributed by atoms with Gasteiger partial charge in [0, 0.05) is 17.1 Å². The van der Waals surface area contributed by atoms with Gasteiger partial charge in [0.15, 0.2) is 0 Å². The van der Waals surface area contributed by atoms with Crippen LogP contribution in [-0.2, 0) is 21.4 Å². The van der Waals surface area contributed by atoms with Crippen LogP contribution in [0.5, 0.6) is 0 Å². The second-order valence-corrected chi connectivity index (χ2v) is 6.10. The molecule has 2 aromatic carbocycles. The summed E-state index contributed by atoms with van der Waals surface area (Å²) in [6.45, 7) is 2.27. The number of anilines is 1. The molecule has 23 heavy (non-hydrogen) atoms. The van der Waals surface area contributed by atoms with Gasteiger partial charge in [-0.05, 0) is 36.6 Å². The van der Waals surface area contributed by atoms with Gasteiger partial charge in [-0.2, -0.15) is 0 Å². The van der Waals surface area contributed by atoms with E-state index in [2.05, 4.69) is 12.1 Å². The molecule has 2 aromatic rings. The minimum Gasteiger partial charge on any atom is -0.462 e. The van der Waals surface area contributed by atoms with Crippen molar-refractivity contribution in [2.45, 2.75) is 18.9 Å². The van der Waals surface area contributed by atoms with Crippen molar-refractivity contribution in [2.24, 2.45) is 11.7 Å². The molecule has 0 saturated heterocycles. The molecule has 1 aliphatic rings. The first kappa shape index (κ1) is 15.4. The summed E-state index contributed by atoms with van der Waals surface area (Å²) in [6, 6.07) is 18.0. The number of hydrogen-bond acceptors (Lipinski definition) is 4. The van der Waals surface area contributed by atoms with Crippen molar-refractivity contribution in [3.8, 4) is 0 Å². The van der Waals surface area contributed by atoms with E-state index in [0.717, 1.165) is 23.4 Å². The molecule has 4 nitrogen and oxygen atoms in total. The van der Waals surface area contributed by atoms with Gasteiger partial charge < -0.3 is 20.9 Å². The Kier molecular flexibility index (Phi) is 4.26. The molecule has 0 spiro atoms. The van der Waals surface area contributed by atoms with Crippen LogP contribution in [0.25, 0.3) is 0 Å². The molecule has 0 saturated carbocycles. The van der Waals surface area contributed by atoms with Crippen molar-refractivity contribution in [3.63, 3.8) is 0 Å². The predicted octanol–water partition coefficient (Wildman–Crippen LogP) is 3.15. The standard InChI is InChI=1S/C19H22N2O2/c1-19(21,15-7-9-16(20)10-8-15)17(18-12-22-13-23-18)11-14-5-3-2-4-6-14/h2-10,12,17H,11,13,20-21H2,1H3. The third kappa shape index (κ3) is 3.32. The third-order valence-corrected chi connectivity index (χ3v) is 4.38. The summed E-state index contributed by atoms with van der Waals surface area (Å²) in [6.07, 6.45) is 2.45. The molecular formula is C19H22N2O2. The van der Waals surface area contributed by atoms with Crippen molar-refractivity contribution < 1.29 is 9.47 Å². The lowest BCUT2D eigenvalue weighted by Crippen LogP contribution is -2.43. The van der Waals surface area contributed by atoms with Crippen molar-refractivity contribution in [3.05, 3.63) is 77.7 Å². The topological polar surface area (TPSA) is 70.5 Å². The van der Waals surface area contributed by atoms with Gasteiger partial charge >= 0.3 is 0 Å². The lowest BCUT2D eigenvalue weighted by atomic mass is 9.76. The van der Waals surface area contributed by atoms with Gasteiger partial charge in [0.1, 0.15) is 12.0 Å². The van der Waals surface area contributed by atoms with Gasteiger partial charge in [0.25, 0.3) is 0 Å². The van der Waals surface area contributed by atoms with Crippen molar-refractivity contribution >= 4 is 5.69 Å². The number of hydrogen-bond donors (Lipinski definition) is 2. The fourth-order valence-electron chi connectivity index (χ4n) is 2.94. The van der Waals surface area contributed by atoms with Gasteiger partial charge in [0.2, 0.25) is 6.79 Å². The first-order chi connectivity index (χ1) is 11.1. The minimum atomic E-state index is -0.608. The molecule has 0 amide bonds. The predicted molar refractivity (Wildman–Crippen MR) is 91.1 cm³/mol.